The third-order valence-corrected chi connectivity index (χ3v) is 7.52. The lowest BCUT2D eigenvalue weighted by Gasteiger charge is -2.30. The van der Waals surface area contributed by atoms with Gasteiger partial charge in [0.05, 0.1) is 12.5 Å². The van der Waals surface area contributed by atoms with Crippen LogP contribution in [0.2, 0.25) is 0 Å². The number of oxazole rings is 1. The van der Waals surface area contributed by atoms with Crippen molar-refractivity contribution in [2.75, 3.05) is 26.2 Å². The molecule has 2 aliphatic rings. The van der Waals surface area contributed by atoms with Crippen molar-refractivity contribution in [3.05, 3.63) is 64.2 Å². The van der Waals surface area contributed by atoms with E-state index in [9.17, 15) is 28.7 Å². The normalized spacial score (nSPS) is 26.0. The summed E-state index contributed by atoms with van der Waals surface area (Å²) >= 11 is 0. The van der Waals surface area contributed by atoms with E-state index in [1.807, 2.05) is 13.8 Å². The van der Waals surface area contributed by atoms with Gasteiger partial charge in [0.25, 0.3) is 5.91 Å². The number of nitrogens with one attached hydrogen (secondary N) is 2. The van der Waals surface area contributed by atoms with Crippen LogP contribution in [-0.2, 0) is 25.5 Å². The van der Waals surface area contributed by atoms with E-state index in [1.165, 1.54) is 23.1 Å². The summed E-state index contributed by atoms with van der Waals surface area (Å²) in [6, 6.07) is -0.924. The lowest BCUT2D eigenvalue weighted by molar-refractivity contribution is -0.159. The average Bonchev–Trinajstić information content (AvgIpc) is 3.68. The number of rotatable bonds is 6. The number of esters is 1. The summed E-state index contributed by atoms with van der Waals surface area (Å²) in [5.74, 6) is -3.08. The Morgan fingerprint density at radius 3 is 2.85 bits per heavy atom. The van der Waals surface area contributed by atoms with E-state index in [4.69, 9.17) is 14.7 Å². The minimum Gasteiger partial charge on any atom is -0.460 e. The number of carbonyl (C=O) groups excluding carboxylic acids is 4. The van der Waals surface area contributed by atoms with E-state index in [2.05, 4.69) is 25.6 Å². The number of aliphatic hydroxyl groups excluding tert-OH is 1. The minimum atomic E-state index is -1.50. The fourth-order valence-corrected chi connectivity index (χ4v) is 5.34. The van der Waals surface area contributed by atoms with Gasteiger partial charge < -0.3 is 29.8 Å². The summed E-state index contributed by atoms with van der Waals surface area (Å²) in [5.41, 5.74) is 9.05. The predicted octanol–water partition coefficient (Wildman–Crippen LogP) is 3.10. The summed E-state index contributed by atoms with van der Waals surface area (Å²) in [6.45, 7) is 5.94. The molecule has 2 bridgehead atoms. The molecule has 1 aromatic heterocycles. The quantitative estimate of drug-likeness (QED) is 0.138. The second-order valence-electron chi connectivity index (χ2n) is 11.6. The SMILES string of the molecule is CC1=C[C@@H](O)C[C@@H](F)Cc2nc(co2)C(=O)N2CCC[C@@H]2C(=O)O[C@H](C(C)C)[C@H](CC(=O)NCCN=[N+]=[N-])/C=C/C(=O)NCC=C1. The van der Waals surface area contributed by atoms with Crippen molar-refractivity contribution < 1.29 is 37.8 Å². The predicted molar refractivity (Wildman–Crippen MR) is 165 cm³/mol. The summed E-state index contributed by atoms with van der Waals surface area (Å²) in [7, 11) is 0. The van der Waals surface area contributed by atoms with Crippen LogP contribution in [0.3, 0.4) is 0 Å². The number of carbonyl (C=O) groups is 4. The zero-order chi connectivity index (χ0) is 33.6. The van der Waals surface area contributed by atoms with Crippen LogP contribution in [-0.4, -0.2) is 89.3 Å². The molecule has 0 radical (unpaired) electrons. The van der Waals surface area contributed by atoms with Crippen molar-refractivity contribution in [1.82, 2.24) is 20.5 Å². The molecule has 250 valence electrons. The molecule has 3 N–H and O–H groups in total. The van der Waals surface area contributed by atoms with Crippen LogP contribution in [0.25, 0.3) is 10.4 Å². The van der Waals surface area contributed by atoms with E-state index in [-0.39, 0.29) is 62.9 Å². The van der Waals surface area contributed by atoms with E-state index >= 15 is 0 Å². The zero-order valence-corrected chi connectivity index (χ0v) is 26.3. The molecule has 3 heterocycles. The first-order valence-corrected chi connectivity index (χ1v) is 15.3. The molecule has 46 heavy (non-hydrogen) atoms. The maximum Gasteiger partial charge on any atom is 0.329 e. The van der Waals surface area contributed by atoms with Crippen LogP contribution >= 0.6 is 0 Å². The fraction of sp³-hybridized carbons (Fsp3) is 0.581. The van der Waals surface area contributed by atoms with E-state index in [0.29, 0.717) is 18.4 Å². The highest BCUT2D eigenvalue weighted by molar-refractivity contribution is 5.95. The molecule has 15 heteroatoms. The van der Waals surface area contributed by atoms with Gasteiger partial charge >= 0.3 is 5.97 Å². The Bertz CT molecular complexity index is 1370. The second-order valence-corrected chi connectivity index (χ2v) is 11.6. The zero-order valence-electron chi connectivity index (χ0n) is 26.3. The van der Waals surface area contributed by atoms with E-state index in [0.717, 1.165) is 6.26 Å². The molecule has 0 aliphatic carbocycles. The molecule has 14 nitrogen and oxygen atoms in total. The molecular formula is C31H42FN7O7. The summed E-state index contributed by atoms with van der Waals surface area (Å²) < 4.78 is 26.1. The smallest absolute Gasteiger partial charge is 0.329 e. The molecule has 3 rings (SSSR count). The van der Waals surface area contributed by atoms with Crippen molar-refractivity contribution in [1.29, 1.82) is 0 Å². The number of ether oxygens (including phenoxy) is 1. The van der Waals surface area contributed by atoms with E-state index in [1.54, 1.807) is 19.1 Å². The monoisotopic (exact) mass is 643 g/mol. The third kappa shape index (κ3) is 11.1. The number of fused-ring (bicyclic) bond motifs is 3. The van der Waals surface area contributed by atoms with Gasteiger partial charge in [0.1, 0.15) is 24.6 Å². The number of halogens is 1. The first-order chi connectivity index (χ1) is 22.0. The standard InChI is InChI=1S/C31H42FN7O7/c1-19(2)29-21(15-27(42)35-11-12-36-38-33)8-9-26(41)34-10-4-6-20(3)14-23(40)16-22(32)17-28-37-24(18-45-28)30(43)39-13-5-7-25(39)31(44)46-29/h4,6,8-9,14,18-19,21-23,25,29,40H,5,7,10-13,15-17H2,1-3H3,(H,34,41)(H,35,42)/b6-4?,9-8+,20-14?/t21-,22+,23+,25+,29+/m0/s1. The van der Waals surface area contributed by atoms with Gasteiger partial charge in [-0.05, 0) is 37.3 Å². The topological polar surface area (TPSA) is 200 Å². The van der Waals surface area contributed by atoms with Gasteiger partial charge in [-0.25, -0.2) is 14.2 Å². The number of aliphatic hydroxyl groups is 1. The average molecular weight is 644 g/mol. The minimum absolute atomic E-state index is 0.0108. The number of aromatic nitrogens is 1. The van der Waals surface area contributed by atoms with Crippen LogP contribution in [0.4, 0.5) is 4.39 Å². The van der Waals surface area contributed by atoms with Crippen LogP contribution < -0.4 is 10.6 Å². The van der Waals surface area contributed by atoms with Gasteiger partial charge in [-0.2, -0.15) is 0 Å². The molecule has 1 aromatic rings. The first-order valence-electron chi connectivity index (χ1n) is 15.3. The maximum absolute atomic E-state index is 14.7. The summed E-state index contributed by atoms with van der Waals surface area (Å²) in [4.78, 5) is 60.5. The Balaban J connectivity index is 1.90. The third-order valence-electron chi connectivity index (χ3n) is 7.52. The lowest BCUT2D eigenvalue weighted by Crippen LogP contribution is -2.44. The number of hydrogen-bond acceptors (Lipinski definition) is 9. The van der Waals surface area contributed by atoms with Crippen LogP contribution in [0.15, 0.2) is 51.7 Å². The maximum atomic E-state index is 14.7. The van der Waals surface area contributed by atoms with Crippen molar-refractivity contribution in [2.45, 2.75) is 77.3 Å². The number of cyclic esters (lactones) is 1. The Kier molecular flexibility index (Phi) is 14.0. The number of amides is 3. The van der Waals surface area contributed by atoms with Gasteiger partial charge in [-0.3, -0.25) is 14.4 Å². The molecule has 0 aromatic carbocycles. The Morgan fingerprint density at radius 2 is 2.11 bits per heavy atom. The molecule has 1 fully saturated rings. The molecule has 0 spiro atoms. The molecule has 2 aliphatic heterocycles. The molecule has 0 unspecified atom stereocenters. The van der Waals surface area contributed by atoms with Gasteiger partial charge in [-0.1, -0.05) is 48.8 Å². The molecular weight excluding hydrogens is 601 g/mol. The molecule has 5 atom stereocenters. The molecule has 0 saturated carbocycles. The Morgan fingerprint density at radius 1 is 1.33 bits per heavy atom. The highest BCUT2D eigenvalue weighted by Gasteiger charge is 2.39. The van der Waals surface area contributed by atoms with Crippen molar-refractivity contribution in [3.8, 4) is 0 Å². The van der Waals surface area contributed by atoms with Crippen molar-refractivity contribution >= 4 is 23.7 Å². The van der Waals surface area contributed by atoms with Crippen molar-refractivity contribution in [2.24, 2.45) is 17.0 Å². The Hall–Kier alpha value is -4.49. The number of allylic oxidation sites excluding steroid dienone is 2. The second kappa shape index (κ2) is 17.9. The Labute approximate surface area is 266 Å². The van der Waals surface area contributed by atoms with Crippen LogP contribution in [0.5, 0.6) is 0 Å². The van der Waals surface area contributed by atoms with Crippen molar-refractivity contribution in [3.63, 3.8) is 0 Å². The van der Waals surface area contributed by atoms with Gasteiger partial charge in [0.15, 0.2) is 11.6 Å². The fourth-order valence-electron chi connectivity index (χ4n) is 5.34. The summed E-state index contributed by atoms with van der Waals surface area (Å²) in [6.07, 6.45) is 5.58. The van der Waals surface area contributed by atoms with Crippen LogP contribution in [0.1, 0.15) is 62.8 Å². The number of hydrogen-bond donors (Lipinski definition) is 3. The van der Waals surface area contributed by atoms with Gasteiger partial charge in [0, 0.05) is 49.9 Å². The number of azide groups is 1. The van der Waals surface area contributed by atoms with Gasteiger partial charge in [-0.15, -0.1) is 0 Å². The number of alkyl halides is 1. The van der Waals surface area contributed by atoms with Gasteiger partial charge in [0.2, 0.25) is 11.8 Å². The van der Waals surface area contributed by atoms with Crippen LogP contribution in [0, 0.1) is 11.8 Å². The molecule has 1 saturated heterocycles. The number of nitrogens with zero attached hydrogens (tertiary/aromatic N) is 5. The largest absolute Gasteiger partial charge is 0.460 e. The lowest BCUT2D eigenvalue weighted by atomic mass is 9.89. The first kappa shape index (κ1) is 36.0. The van der Waals surface area contributed by atoms with E-state index < -0.39 is 54.0 Å². The molecule has 3 amide bonds. The highest BCUT2D eigenvalue weighted by Crippen LogP contribution is 2.27. The summed E-state index contributed by atoms with van der Waals surface area (Å²) in [5, 5.41) is 19.1. The highest BCUT2D eigenvalue weighted by atomic mass is 19.1.